The molecular formula is C9H18N2O2. The molecule has 1 unspecified atom stereocenters. The number of carboxylic acid groups (broad SMARTS) is 1. The highest BCUT2D eigenvalue weighted by molar-refractivity contribution is 5.73. The summed E-state index contributed by atoms with van der Waals surface area (Å²) < 4.78 is 0. The molecule has 0 aliphatic heterocycles. The largest absolute Gasteiger partial charge is 0.480 e. The molecule has 1 aliphatic carbocycles. The fourth-order valence-corrected chi connectivity index (χ4v) is 1.18. The normalized spacial score (nSPS) is 19.0. The Hall–Kier alpha value is -0.610. The van der Waals surface area contributed by atoms with Crippen molar-refractivity contribution in [2.45, 2.75) is 31.8 Å². The van der Waals surface area contributed by atoms with Crippen LogP contribution in [0.25, 0.3) is 0 Å². The minimum atomic E-state index is -0.743. The van der Waals surface area contributed by atoms with Crippen LogP contribution in [0.2, 0.25) is 0 Å². The molecule has 2 N–H and O–H groups in total. The van der Waals surface area contributed by atoms with Gasteiger partial charge < -0.3 is 15.3 Å². The summed E-state index contributed by atoms with van der Waals surface area (Å²) in [7, 11) is 1.94. The third-order valence-corrected chi connectivity index (χ3v) is 2.35. The first kappa shape index (κ1) is 10.5. The molecule has 0 saturated heterocycles. The number of carboxylic acids is 1. The Bertz CT molecular complexity index is 180. The number of nitrogens with zero attached hydrogens (tertiary/aromatic N) is 1. The van der Waals surface area contributed by atoms with Gasteiger partial charge in [0, 0.05) is 12.6 Å². The molecule has 1 rings (SSSR count). The second-order valence-electron chi connectivity index (χ2n) is 3.69. The molecule has 0 heterocycles. The van der Waals surface area contributed by atoms with Crippen molar-refractivity contribution in [3.8, 4) is 0 Å². The van der Waals surface area contributed by atoms with E-state index in [9.17, 15) is 4.79 Å². The summed E-state index contributed by atoms with van der Waals surface area (Å²) >= 11 is 0. The van der Waals surface area contributed by atoms with Gasteiger partial charge in [-0.15, -0.1) is 0 Å². The molecular weight excluding hydrogens is 168 g/mol. The van der Waals surface area contributed by atoms with Crippen molar-refractivity contribution in [2.75, 3.05) is 20.1 Å². The molecule has 0 amide bonds. The SMILES string of the molecule is CCN(C)CC(NC1CC1)C(=O)O. The van der Waals surface area contributed by atoms with E-state index >= 15 is 0 Å². The van der Waals surface area contributed by atoms with Gasteiger partial charge in [-0.1, -0.05) is 6.92 Å². The third-order valence-electron chi connectivity index (χ3n) is 2.35. The topological polar surface area (TPSA) is 52.6 Å². The molecule has 1 atom stereocenters. The number of aliphatic carboxylic acids is 1. The maximum atomic E-state index is 10.8. The van der Waals surface area contributed by atoms with Crippen molar-refractivity contribution >= 4 is 5.97 Å². The number of hydrogen-bond acceptors (Lipinski definition) is 3. The maximum Gasteiger partial charge on any atom is 0.322 e. The molecule has 1 saturated carbocycles. The second-order valence-corrected chi connectivity index (χ2v) is 3.69. The van der Waals surface area contributed by atoms with Crippen LogP contribution in [0, 0.1) is 0 Å². The van der Waals surface area contributed by atoms with Crippen molar-refractivity contribution in [1.82, 2.24) is 10.2 Å². The van der Waals surface area contributed by atoms with E-state index in [-0.39, 0.29) is 0 Å². The average molecular weight is 186 g/mol. The quantitative estimate of drug-likeness (QED) is 0.619. The lowest BCUT2D eigenvalue weighted by Gasteiger charge is -2.20. The number of carbonyl (C=O) groups is 1. The monoisotopic (exact) mass is 186 g/mol. The molecule has 0 spiro atoms. The highest BCUT2D eigenvalue weighted by Gasteiger charge is 2.28. The summed E-state index contributed by atoms with van der Waals surface area (Å²) in [5.41, 5.74) is 0. The fourth-order valence-electron chi connectivity index (χ4n) is 1.18. The van der Waals surface area contributed by atoms with E-state index in [1.165, 1.54) is 0 Å². The van der Waals surface area contributed by atoms with Crippen molar-refractivity contribution in [3.05, 3.63) is 0 Å². The standard InChI is InChI=1S/C9H18N2O2/c1-3-11(2)6-8(9(12)13)10-7-4-5-7/h7-8,10H,3-6H2,1-2H3,(H,12,13). The van der Waals surface area contributed by atoms with Gasteiger partial charge in [-0.05, 0) is 26.4 Å². The van der Waals surface area contributed by atoms with Crippen LogP contribution in [0.1, 0.15) is 19.8 Å². The zero-order chi connectivity index (χ0) is 9.84. The molecule has 0 radical (unpaired) electrons. The van der Waals surface area contributed by atoms with Crippen molar-refractivity contribution in [2.24, 2.45) is 0 Å². The zero-order valence-corrected chi connectivity index (χ0v) is 8.29. The summed E-state index contributed by atoms with van der Waals surface area (Å²) in [5, 5.41) is 12.0. The van der Waals surface area contributed by atoms with E-state index < -0.39 is 12.0 Å². The van der Waals surface area contributed by atoms with Gasteiger partial charge in [0.1, 0.15) is 6.04 Å². The summed E-state index contributed by atoms with van der Waals surface area (Å²) in [5.74, 6) is -0.743. The van der Waals surface area contributed by atoms with E-state index in [1.54, 1.807) is 0 Å². The van der Waals surface area contributed by atoms with Crippen LogP contribution in [0.3, 0.4) is 0 Å². The molecule has 1 aliphatic rings. The highest BCUT2D eigenvalue weighted by Crippen LogP contribution is 2.19. The molecule has 1 fully saturated rings. The minimum Gasteiger partial charge on any atom is -0.480 e. The van der Waals surface area contributed by atoms with Crippen LogP contribution in [0.5, 0.6) is 0 Å². The number of likely N-dealkylation sites (N-methyl/N-ethyl adjacent to an activating group) is 1. The molecule has 13 heavy (non-hydrogen) atoms. The Labute approximate surface area is 78.9 Å². The van der Waals surface area contributed by atoms with Crippen LogP contribution in [-0.2, 0) is 4.79 Å². The predicted octanol–water partition coefficient (Wildman–Crippen LogP) is 0.143. The average Bonchev–Trinajstić information content (AvgIpc) is 2.86. The summed E-state index contributed by atoms with van der Waals surface area (Å²) in [6.45, 7) is 3.49. The molecule has 0 aromatic heterocycles. The molecule has 0 aromatic rings. The molecule has 0 aromatic carbocycles. The van der Waals surface area contributed by atoms with Gasteiger partial charge in [0.05, 0.1) is 0 Å². The van der Waals surface area contributed by atoms with E-state index in [2.05, 4.69) is 5.32 Å². The van der Waals surface area contributed by atoms with Gasteiger partial charge in [-0.25, -0.2) is 0 Å². The second kappa shape index (κ2) is 4.58. The highest BCUT2D eigenvalue weighted by atomic mass is 16.4. The van der Waals surface area contributed by atoms with Crippen molar-refractivity contribution in [1.29, 1.82) is 0 Å². The Morgan fingerprint density at radius 1 is 1.69 bits per heavy atom. The van der Waals surface area contributed by atoms with Gasteiger partial charge in [0.15, 0.2) is 0 Å². The van der Waals surface area contributed by atoms with Gasteiger partial charge >= 0.3 is 5.97 Å². The lowest BCUT2D eigenvalue weighted by atomic mass is 10.2. The summed E-state index contributed by atoms with van der Waals surface area (Å²) in [6.07, 6.45) is 2.25. The van der Waals surface area contributed by atoms with Crippen molar-refractivity contribution in [3.63, 3.8) is 0 Å². The lowest BCUT2D eigenvalue weighted by molar-refractivity contribution is -0.140. The van der Waals surface area contributed by atoms with E-state index in [0.29, 0.717) is 12.6 Å². The van der Waals surface area contributed by atoms with E-state index in [1.807, 2.05) is 18.9 Å². The van der Waals surface area contributed by atoms with Crippen LogP contribution < -0.4 is 5.32 Å². The van der Waals surface area contributed by atoms with Gasteiger partial charge in [0.25, 0.3) is 0 Å². The molecule has 0 bridgehead atoms. The zero-order valence-electron chi connectivity index (χ0n) is 8.29. The number of nitrogens with one attached hydrogen (secondary N) is 1. The van der Waals surface area contributed by atoms with E-state index in [4.69, 9.17) is 5.11 Å². The van der Waals surface area contributed by atoms with Crippen LogP contribution in [0.4, 0.5) is 0 Å². The Morgan fingerprint density at radius 3 is 2.69 bits per heavy atom. The van der Waals surface area contributed by atoms with E-state index in [0.717, 1.165) is 19.4 Å². The first-order valence-electron chi connectivity index (χ1n) is 4.81. The van der Waals surface area contributed by atoms with Crippen LogP contribution >= 0.6 is 0 Å². The Morgan fingerprint density at radius 2 is 2.31 bits per heavy atom. The molecule has 4 nitrogen and oxygen atoms in total. The van der Waals surface area contributed by atoms with Crippen LogP contribution in [0.15, 0.2) is 0 Å². The third kappa shape index (κ3) is 3.74. The van der Waals surface area contributed by atoms with Gasteiger partial charge in [0.2, 0.25) is 0 Å². The van der Waals surface area contributed by atoms with Gasteiger partial charge in [-0.3, -0.25) is 4.79 Å². The van der Waals surface area contributed by atoms with Crippen molar-refractivity contribution < 1.29 is 9.90 Å². The number of rotatable bonds is 6. The number of hydrogen-bond donors (Lipinski definition) is 2. The predicted molar refractivity (Wildman–Crippen MR) is 50.8 cm³/mol. The first-order valence-corrected chi connectivity index (χ1v) is 4.81. The lowest BCUT2D eigenvalue weighted by Crippen LogP contribution is -2.46. The summed E-state index contributed by atoms with van der Waals surface area (Å²) in [6, 6.07) is 0.0452. The van der Waals surface area contributed by atoms with Crippen LogP contribution in [-0.4, -0.2) is 48.2 Å². The maximum absolute atomic E-state index is 10.8. The minimum absolute atomic E-state index is 0.405. The molecule has 76 valence electrons. The first-order chi connectivity index (χ1) is 6.13. The smallest absolute Gasteiger partial charge is 0.322 e. The fraction of sp³-hybridized carbons (Fsp3) is 0.889. The summed E-state index contributed by atoms with van der Waals surface area (Å²) in [4.78, 5) is 12.8. The van der Waals surface area contributed by atoms with Gasteiger partial charge in [-0.2, -0.15) is 0 Å². The Kier molecular flexibility index (Phi) is 3.69. The Balaban J connectivity index is 2.31. The molecule has 4 heteroatoms.